The van der Waals surface area contributed by atoms with Gasteiger partial charge in [-0.1, -0.05) is 11.8 Å². The number of hydrogen-bond donors (Lipinski definition) is 1. The van der Waals surface area contributed by atoms with Gasteiger partial charge in [-0.3, -0.25) is 9.59 Å². The molecule has 0 aliphatic heterocycles. The summed E-state index contributed by atoms with van der Waals surface area (Å²) in [5, 5.41) is 11.1. The van der Waals surface area contributed by atoms with Crippen molar-refractivity contribution in [3.8, 4) is 17.2 Å². The maximum absolute atomic E-state index is 12.2. The summed E-state index contributed by atoms with van der Waals surface area (Å²) in [7, 11) is 1.61. The van der Waals surface area contributed by atoms with E-state index in [2.05, 4.69) is 15.5 Å². The average molecular weight is 390 g/mol. The Morgan fingerprint density at radius 3 is 2.70 bits per heavy atom. The van der Waals surface area contributed by atoms with Gasteiger partial charge in [-0.15, -0.1) is 10.2 Å². The molecule has 27 heavy (non-hydrogen) atoms. The van der Waals surface area contributed by atoms with Crippen LogP contribution in [0.25, 0.3) is 11.5 Å². The third kappa shape index (κ3) is 5.72. The summed E-state index contributed by atoms with van der Waals surface area (Å²) >= 11 is 1.15. The van der Waals surface area contributed by atoms with E-state index in [4.69, 9.17) is 9.15 Å². The van der Waals surface area contributed by atoms with E-state index in [0.717, 1.165) is 35.9 Å². The minimum Gasteiger partial charge on any atom is -0.494 e. The predicted octanol–water partition coefficient (Wildman–Crippen LogP) is 1.96. The maximum Gasteiger partial charge on any atom is 0.277 e. The maximum atomic E-state index is 12.2. The van der Waals surface area contributed by atoms with Crippen molar-refractivity contribution in [3.05, 3.63) is 24.3 Å². The Morgan fingerprint density at radius 2 is 2.04 bits per heavy atom. The van der Waals surface area contributed by atoms with Gasteiger partial charge in [-0.25, -0.2) is 0 Å². The quantitative estimate of drug-likeness (QED) is 0.654. The topological polar surface area (TPSA) is 97.6 Å². The number of carbonyl (C=O) groups is 2. The molecular weight excluding hydrogens is 368 g/mol. The van der Waals surface area contributed by atoms with Crippen molar-refractivity contribution in [2.75, 3.05) is 26.0 Å². The van der Waals surface area contributed by atoms with Gasteiger partial charge in [-0.05, 0) is 44.0 Å². The molecule has 0 spiro atoms. The number of hydrogen-bond acceptors (Lipinski definition) is 7. The van der Waals surface area contributed by atoms with Gasteiger partial charge in [0.2, 0.25) is 17.7 Å². The van der Waals surface area contributed by atoms with Crippen LogP contribution in [0.2, 0.25) is 0 Å². The van der Waals surface area contributed by atoms with Crippen molar-refractivity contribution in [2.24, 2.45) is 0 Å². The van der Waals surface area contributed by atoms with Crippen LogP contribution in [0.3, 0.4) is 0 Å². The van der Waals surface area contributed by atoms with Crippen molar-refractivity contribution in [1.29, 1.82) is 0 Å². The van der Waals surface area contributed by atoms with E-state index in [1.165, 1.54) is 4.90 Å². The third-order valence-electron chi connectivity index (χ3n) is 3.89. The Balaban J connectivity index is 1.48. The smallest absolute Gasteiger partial charge is 0.277 e. The van der Waals surface area contributed by atoms with E-state index in [1.54, 1.807) is 7.05 Å². The van der Waals surface area contributed by atoms with Crippen molar-refractivity contribution in [1.82, 2.24) is 20.4 Å². The molecule has 1 aromatic carbocycles. The minimum atomic E-state index is -0.174. The highest BCUT2D eigenvalue weighted by molar-refractivity contribution is 7.99. The van der Waals surface area contributed by atoms with Gasteiger partial charge in [0.1, 0.15) is 5.75 Å². The molecule has 1 N–H and O–H groups in total. The highest BCUT2D eigenvalue weighted by atomic mass is 32.2. The summed E-state index contributed by atoms with van der Waals surface area (Å²) in [4.78, 5) is 25.3. The van der Waals surface area contributed by atoms with Crippen LogP contribution in [0.4, 0.5) is 0 Å². The van der Waals surface area contributed by atoms with Crippen molar-refractivity contribution in [2.45, 2.75) is 31.0 Å². The van der Waals surface area contributed by atoms with E-state index >= 15 is 0 Å². The monoisotopic (exact) mass is 390 g/mol. The number of aromatic nitrogens is 2. The number of nitrogens with zero attached hydrogens (tertiary/aromatic N) is 3. The van der Waals surface area contributed by atoms with Crippen LogP contribution in [0.5, 0.6) is 5.75 Å². The van der Waals surface area contributed by atoms with Crippen molar-refractivity contribution in [3.63, 3.8) is 0 Å². The predicted molar refractivity (Wildman–Crippen MR) is 100 cm³/mol. The molecule has 1 aliphatic carbocycles. The van der Waals surface area contributed by atoms with Crippen LogP contribution in [0.15, 0.2) is 33.9 Å². The van der Waals surface area contributed by atoms with Crippen LogP contribution in [0.1, 0.15) is 19.8 Å². The van der Waals surface area contributed by atoms with Crippen LogP contribution in [-0.2, 0) is 9.59 Å². The first kappa shape index (κ1) is 19.2. The molecule has 8 nitrogen and oxygen atoms in total. The van der Waals surface area contributed by atoms with E-state index in [0.29, 0.717) is 17.7 Å². The number of rotatable bonds is 9. The van der Waals surface area contributed by atoms with Crippen LogP contribution in [-0.4, -0.2) is 58.9 Å². The van der Waals surface area contributed by atoms with E-state index in [-0.39, 0.29) is 30.2 Å². The number of thioether (sulfide) groups is 1. The zero-order chi connectivity index (χ0) is 19.2. The van der Waals surface area contributed by atoms with Crippen LogP contribution >= 0.6 is 11.8 Å². The standard InChI is InChI=1S/C18H22N4O4S/c1-3-25-14-8-4-12(5-9-14)17-20-21-18(26-17)27-11-16(24)22(2)10-15(23)19-13-6-7-13/h4-5,8-9,13H,3,6-7,10-11H2,1-2H3,(H,19,23). The van der Waals surface area contributed by atoms with Crippen molar-refractivity contribution < 1.29 is 18.7 Å². The fourth-order valence-electron chi connectivity index (χ4n) is 2.28. The largest absolute Gasteiger partial charge is 0.494 e. The number of amides is 2. The molecule has 1 saturated carbocycles. The van der Waals surface area contributed by atoms with E-state index in [1.807, 2.05) is 31.2 Å². The first-order valence-corrected chi connectivity index (χ1v) is 9.76. The van der Waals surface area contributed by atoms with E-state index in [9.17, 15) is 9.59 Å². The number of ether oxygens (including phenoxy) is 1. The number of carbonyl (C=O) groups excluding carboxylic acids is 2. The molecule has 1 aliphatic rings. The summed E-state index contributed by atoms with van der Waals surface area (Å²) in [6.45, 7) is 2.58. The molecule has 0 saturated heterocycles. The molecular formula is C18H22N4O4S. The Hall–Kier alpha value is -2.55. The lowest BCUT2D eigenvalue weighted by atomic mass is 10.2. The van der Waals surface area contributed by atoms with Gasteiger partial charge < -0.3 is 19.4 Å². The molecule has 0 radical (unpaired) electrons. The molecule has 9 heteroatoms. The molecule has 1 heterocycles. The summed E-state index contributed by atoms with van der Waals surface area (Å²) in [6.07, 6.45) is 2.04. The van der Waals surface area contributed by atoms with Crippen LogP contribution in [0, 0.1) is 0 Å². The van der Waals surface area contributed by atoms with Gasteiger partial charge in [0.15, 0.2) is 0 Å². The normalized spacial score (nSPS) is 13.3. The average Bonchev–Trinajstić information content (AvgIpc) is 3.33. The van der Waals surface area contributed by atoms with Gasteiger partial charge in [0.05, 0.1) is 18.9 Å². The summed E-state index contributed by atoms with van der Waals surface area (Å²) in [5.41, 5.74) is 0.776. The molecule has 2 aromatic rings. The first-order valence-electron chi connectivity index (χ1n) is 8.78. The van der Waals surface area contributed by atoms with Gasteiger partial charge in [0, 0.05) is 18.7 Å². The highest BCUT2D eigenvalue weighted by Gasteiger charge is 2.24. The molecule has 1 aromatic heterocycles. The second-order valence-corrected chi connectivity index (χ2v) is 7.14. The third-order valence-corrected chi connectivity index (χ3v) is 4.69. The fourth-order valence-corrected chi connectivity index (χ4v) is 2.99. The fraction of sp³-hybridized carbons (Fsp3) is 0.444. The van der Waals surface area contributed by atoms with Gasteiger partial charge >= 0.3 is 0 Å². The number of benzene rings is 1. The zero-order valence-electron chi connectivity index (χ0n) is 15.3. The molecule has 0 bridgehead atoms. The lowest BCUT2D eigenvalue weighted by Gasteiger charge is -2.15. The second kappa shape index (κ2) is 8.90. The van der Waals surface area contributed by atoms with Crippen LogP contribution < -0.4 is 10.1 Å². The minimum absolute atomic E-state index is 0.0527. The Kier molecular flexibility index (Phi) is 6.33. The number of nitrogens with one attached hydrogen (secondary N) is 1. The lowest BCUT2D eigenvalue weighted by molar-refractivity contribution is -0.132. The Bertz CT molecular complexity index is 789. The summed E-state index contributed by atoms with van der Waals surface area (Å²) in [5.74, 6) is 0.971. The van der Waals surface area contributed by atoms with Gasteiger partial charge in [0.25, 0.3) is 5.22 Å². The second-order valence-electron chi connectivity index (χ2n) is 6.21. The number of likely N-dealkylation sites (N-methyl/N-ethyl adjacent to an activating group) is 1. The highest BCUT2D eigenvalue weighted by Crippen LogP contribution is 2.25. The molecule has 1 fully saturated rings. The van der Waals surface area contributed by atoms with E-state index < -0.39 is 0 Å². The molecule has 3 rings (SSSR count). The van der Waals surface area contributed by atoms with Gasteiger partial charge in [-0.2, -0.15) is 0 Å². The SMILES string of the molecule is CCOc1ccc(-c2nnc(SCC(=O)N(C)CC(=O)NC3CC3)o2)cc1. The summed E-state index contributed by atoms with van der Waals surface area (Å²) < 4.78 is 11.0. The zero-order valence-corrected chi connectivity index (χ0v) is 16.1. The first-order chi connectivity index (χ1) is 13.0. The molecule has 144 valence electrons. The van der Waals surface area contributed by atoms with Crippen molar-refractivity contribution >= 4 is 23.6 Å². The Morgan fingerprint density at radius 1 is 1.30 bits per heavy atom. The lowest BCUT2D eigenvalue weighted by Crippen LogP contribution is -2.39. The molecule has 0 unspecified atom stereocenters. The molecule has 2 amide bonds. The Labute approximate surface area is 161 Å². The summed E-state index contributed by atoms with van der Waals surface area (Å²) in [6, 6.07) is 7.63. The molecule has 0 atom stereocenters.